The molecule has 0 radical (unpaired) electrons. The largest absolute Gasteiger partial charge is 0.469 e. The second-order valence-electron chi connectivity index (χ2n) is 4.80. The molecule has 1 aliphatic rings. The molecule has 0 aliphatic carbocycles. The van der Waals surface area contributed by atoms with E-state index in [9.17, 15) is 19.8 Å². The van der Waals surface area contributed by atoms with Crippen LogP contribution >= 0.6 is 12.2 Å². The molecule has 0 saturated carbocycles. The highest BCUT2D eigenvalue weighted by molar-refractivity contribution is 7.71. The maximum Gasteiger partial charge on any atom is 0.310 e. The number of esters is 1. The number of aromatic amines is 1. The van der Waals surface area contributed by atoms with Crippen LogP contribution in [0.2, 0.25) is 0 Å². The number of carbonyl (C=O) groups is 1. The van der Waals surface area contributed by atoms with E-state index >= 15 is 0 Å². The molecule has 22 heavy (non-hydrogen) atoms. The smallest absolute Gasteiger partial charge is 0.310 e. The quantitative estimate of drug-likeness (QED) is 0.376. The average molecular weight is 332 g/mol. The highest BCUT2D eigenvalue weighted by Crippen LogP contribution is 2.29. The lowest BCUT2D eigenvalue weighted by molar-refractivity contribution is -0.139. The maximum absolute atomic E-state index is 11.8. The van der Waals surface area contributed by atoms with Crippen molar-refractivity contribution in [3.05, 3.63) is 26.9 Å². The van der Waals surface area contributed by atoms with Crippen LogP contribution in [0.15, 0.2) is 11.0 Å². The number of aromatic nitrogens is 2. The molecule has 0 amide bonds. The Kier molecular flexibility index (Phi) is 5.08. The molecule has 2 heterocycles. The Morgan fingerprint density at radius 1 is 1.50 bits per heavy atom. The lowest BCUT2D eigenvalue weighted by Gasteiger charge is -2.19. The summed E-state index contributed by atoms with van der Waals surface area (Å²) in [5, 5.41) is 28.8. The van der Waals surface area contributed by atoms with Gasteiger partial charge < -0.3 is 24.8 Å². The van der Waals surface area contributed by atoms with E-state index in [1.165, 1.54) is 17.9 Å². The molecule has 1 aliphatic heterocycles. The molecule has 122 valence electrons. The topological polar surface area (TPSA) is 134 Å². The lowest BCUT2D eigenvalue weighted by atomic mass is 10.1. The van der Waals surface area contributed by atoms with E-state index in [4.69, 9.17) is 22.1 Å². The first-order chi connectivity index (χ1) is 10.4. The summed E-state index contributed by atoms with van der Waals surface area (Å²) in [5.41, 5.74) is -0.489. The Morgan fingerprint density at radius 3 is 2.73 bits per heavy atom. The SMILES string of the molecule is COC(=O)Cc1cn([C@@H]2O[C@H](CO)[C@H](O)[C@@H]2O)c(=S)[nH]c1=O. The maximum atomic E-state index is 11.8. The zero-order valence-corrected chi connectivity index (χ0v) is 12.4. The Bertz CT molecular complexity index is 670. The first-order valence-electron chi connectivity index (χ1n) is 6.42. The van der Waals surface area contributed by atoms with Gasteiger partial charge in [-0.1, -0.05) is 0 Å². The monoisotopic (exact) mass is 332 g/mol. The Morgan fingerprint density at radius 2 is 2.18 bits per heavy atom. The van der Waals surface area contributed by atoms with Crippen LogP contribution in [0, 0.1) is 4.77 Å². The van der Waals surface area contributed by atoms with Crippen LogP contribution in [0.25, 0.3) is 0 Å². The fourth-order valence-corrected chi connectivity index (χ4v) is 2.43. The summed E-state index contributed by atoms with van der Waals surface area (Å²) in [4.78, 5) is 25.5. The zero-order chi connectivity index (χ0) is 16.4. The Balaban J connectivity index is 2.39. The van der Waals surface area contributed by atoms with Crippen LogP contribution in [0.3, 0.4) is 0 Å². The lowest BCUT2D eigenvalue weighted by Crippen LogP contribution is -2.33. The minimum atomic E-state index is -1.35. The number of aliphatic hydroxyl groups excluding tert-OH is 3. The van der Waals surface area contributed by atoms with Gasteiger partial charge in [-0.25, -0.2) is 0 Å². The number of H-pyrrole nitrogens is 1. The number of ether oxygens (including phenoxy) is 2. The summed E-state index contributed by atoms with van der Waals surface area (Å²) in [6.45, 7) is -0.486. The van der Waals surface area contributed by atoms with E-state index in [1.807, 2.05) is 0 Å². The molecule has 0 spiro atoms. The normalized spacial score (nSPS) is 27.8. The highest BCUT2D eigenvalue weighted by atomic mass is 32.1. The predicted molar refractivity (Wildman–Crippen MR) is 74.6 cm³/mol. The molecule has 1 aromatic rings. The van der Waals surface area contributed by atoms with E-state index in [0.717, 1.165) is 0 Å². The summed E-state index contributed by atoms with van der Waals surface area (Å²) < 4.78 is 11.0. The van der Waals surface area contributed by atoms with Crippen molar-refractivity contribution in [2.75, 3.05) is 13.7 Å². The number of hydrogen-bond donors (Lipinski definition) is 4. The average Bonchev–Trinajstić information content (AvgIpc) is 2.77. The second-order valence-corrected chi connectivity index (χ2v) is 5.19. The van der Waals surface area contributed by atoms with Gasteiger partial charge in [-0.2, -0.15) is 0 Å². The van der Waals surface area contributed by atoms with Crippen molar-refractivity contribution in [3.8, 4) is 0 Å². The van der Waals surface area contributed by atoms with Crippen LogP contribution in [0.4, 0.5) is 0 Å². The molecule has 1 aromatic heterocycles. The number of rotatable bonds is 4. The standard InChI is InChI=1S/C12H16N2O7S/c1-20-7(16)2-5-3-14(12(22)13-10(5)19)11-9(18)8(17)6(4-15)21-11/h3,6,8-9,11,15,17-18H,2,4H2,1H3,(H,13,19,22)/t6-,8+,9+,11-/m1/s1. The van der Waals surface area contributed by atoms with Crippen molar-refractivity contribution in [3.63, 3.8) is 0 Å². The van der Waals surface area contributed by atoms with Crippen molar-refractivity contribution < 1.29 is 29.6 Å². The van der Waals surface area contributed by atoms with Crippen molar-refractivity contribution in [2.45, 2.75) is 31.0 Å². The van der Waals surface area contributed by atoms with Gasteiger partial charge in [-0.05, 0) is 12.2 Å². The highest BCUT2D eigenvalue weighted by Gasteiger charge is 2.43. The second kappa shape index (κ2) is 6.67. The van der Waals surface area contributed by atoms with Gasteiger partial charge in [0, 0.05) is 11.8 Å². The van der Waals surface area contributed by atoms with Crippen molar-refractivity contribution in [2.24, 2.45) is 0 Å². The van der Waals surface area contributed by atoms with E-state index in [0.29, 0.717) is 0 Å². The third kappa shape index (κ3) is 3.10. The number of nitrogens with one attached hydrogen (secondary N) is 1. The van der Waals surface area contributed by atoms with Crippen molar-refractivity contribution in [1.82, 2.24) is 9.55 Å². The summed E-state index contributed by atoms with van der Waals surface area (Å²) in [6.07, 6.45) is -3.73. The number of nitrogens with zero attached hydrogens (tertiary/aromatic N) is 1. The Labute approximate surface area is 129 Å². The molecule has 2 rings (SSSR count). The molecule has 10 heteroatoms. The van der Waals surface area contributed by atoms with Crippen molar-refractivity contribution >= 4 is 18.2 Å². The molecule has 4 atom stereocenters. The molecule has 0 aromatic carbocycles. The van der Waals surface area contributed by atoms with E-state index in [1.54, 1.807) is 0 Å². The van der Waals surface area contributed by atoms with E-state index < -0.39 is 42.7 Å². The summed E-state index contributed by atoms with van der Waals surface area (Å²) in [5.74, 6) is -0.615. The van der Waals surface area contributed by atoms with Gasteiger partial charge in [0.05, 0.1) is 20.1 Å². The molecule has 1 fully saturated rings. The van der Waals surface area contributed by atoms with Gasteiger partial charge in [-0.3, -0.25) is 19.1 Å². The van der Waals surface area contributed by atoms with Gasteiger partial charge in [0.15, 0.2) is 11.0 Å². The predicted octanol–water partition coefficient (Wildman–Crippen LogP) is -1.77. The summed E-state index contributed by atoms with van der Waals surface area (Å²) in [6, 6.07) is 0. The van der Waals surface area contributed by atoms with Crippen LogP contribution < -0.4 is 5.56 Å². The first kappa shape index (κ1) is 16.8. The number of carbonyl (C=O) groups excluding carboxylic acids is 1. The fraction of sp³-hybridized carbons (Fsp3) is 0.583. The third-order valence-corrected chi connectivity index (χ3v) is 3.71. The van der Waals surface area contributed by atoms with Crippen LogP contribution in [-0.4, -0.2) is 62.9 Å². The van der Waals surface area contributed by atoms with Crippen LogP contribution in [0.1, 0.15) is 11.8 Å². The molecule has 4 N–H and O–H groups in total. The number of hydrogen-bond acceptors (Lipinski definition) is 8. The Hall–Kier alpha value is -1.59. The van der Waals surface area contributed by atoms with Gasteiger partial charge >= 0.3 is 5.97 Å². The third-order valence-electron chi connectivity index (χ3n) is 3.40. The van der Waals surface area contributed by atoms with Gasteiger partial charge in [0.25, 0.3) is 5.56 Å². The molecular weight excluding hydrogens is 316 g/mol. The van der Waals surface area contributed by atoms with Gasteiger partial charge in [0.2, 0.25) is 0 Å². The minimum Gasteiger partial charge on any atom is -0.469 e. The number of methoxy groups -OCH3 is 1. The zero-order valence-electron chi connectivity index (χ0n) is 11.6. The van der Waals surface area contributed by atoms with Gasteiger partial charge in [-0.15, -0.1) is 0 Å². The van der Waals surface area contributed by atoms with Gasteiger partial charge in [0.1, 0.15) is 18.3 Å². The van der Waals surface area contributed by atoms with Crippen molar-refractivity contribution in [1.29, 1.82) is 0 Å². The molecular formula is C12H16N2O7S. The molecule has 0 bridgehead atoms. The number of aliphatic hydroxyl groups is 3. The van der Waals surface area contributed by atoms with E-state index in [-0.39, 0.29) is 16.8 Å². The summed E-state index contributed by atoms with van der Waals surface area (Å²) in [7, 11) is 1.19. The van der Waals surface area contributed by atoms with Crippen LogP contribution in [0.5, 0.6) is 0 Å². The molecule has 9 nitrogen and oxygen atoms in total. The van der Waals surface area contributed by atoms with E-state index in [2.05, 4.69) is 9.72 Å². The summed E-state index contributed by atoms with van der Waals surface area (Å²) >= 11 is 5.00. The molecule has 0 unspecified atom stereocenters. The molecule has 1 saturated heterocycles. The van der Waals surface area contributed by atoms with Crippen LogP contribution in [-0.2, 0) is 20.7 Å². The minimum absolute atomic E-state index is 0.0477. The fourth-order valence-electron chi connectivity index (χ4n) is 2.18. The first-order valence-corrected chi connectivity index (χ1v) is 6.83.